The first-order chi connectivity index (χ1) is 11.6. The van der Waals surface area contributed by atoms with E-state index in [-0.39, 0.29) is 17.8 Å². The number of halogens is 2. The minimum absolute atomic E-state index is 0.104. The second kappa shape index (κ2) is 7.42. The maximum atomic E-state index is 12.5. The van der Waals surface area contributed by atoms with Gasteiger partial charge in [-0.15, -0.1) is 0 Å². The molecular weight excluding hydrogens is 412 g/mol. The molecule has 2 aromatic rings. The van der Waals surface area contributed by atoms with E-state index in [1.54, 1.807) is 18.2 Å². The van der Waals surface area contributed by atoms with Crippen molar-refractivity contribution in [3.8, 4) is 0 Å². The fourth-order valence-corrected chi connectivity index (χ4v) is 3.58. The lowest BCUT2D eigenvalue weighted by molar-refractivity contribution is -0.122. The monoisotopic (exact) mass is 422 g/mol. The van der Waals surface area contributed by atoms with Crippen LogP contribution in [-0.2, 0) is 4.79 Å². The number of nitrogens with zero attached hydrogens (tertiary/aromatic N) is 1. The summed E-state index contributed by atoms with van der Waals surface area (Å²) in [6, 6.07) is 14.7. The van der Waals surface area contributed by atoms with E-state index in [0.717, 1.165) is 21.9 Å². The van der Waals surface area contributed by atoms with Crippen LogP contribution in [0.25, 0.3) is 6.08 Å². The lowest BCUT2D eigenvalue weighted by Crippen LogP contribution is -2.33. The van der Waals surface area contributed by atoms with Crippen LogP contribution in [0.4, 0.5) is 10.5 Å². The van der Waals surface area contributed by atoms with Crippen LogP contribution in [0.5, 0.6) is 0 Å². The average molecular weight is 424 g/mol. The van der Waals surface area contributed by atoms with Crippen LogP contribution >= 0.6 is 39.3 Å². The highest BCUT2D eigenvalue weighted by Crippen LogP contribution is 2.33. The van der Waals surface area contributed by atoms with Crippen molar-refractivity contribution in [3.05, 3.63) is 68.5 Å². The number of imide groups is 1. The Kier molecular flexibility index (Phi) is 5.28. The topological polar surface area (TPSA) is 49.4 Å². The summed E-state index contributed by atoms with van der Waals surface area (Å²) in [5.74, 6) is -0.329. The standard InChI is InChI=1S/C17H12BrClN2O2S/c18-12-6-2-4-8-14(12)20-10-21-16(22)15(24-17(21)23)9-11-5-1-3-7-13(11)19/h1-9,20H,10H2. The van der Waals surface area contributed by atoms with Crippen molar-refractivity contribution in [3.63, 3.8) is 0 Å². The van der Waals surface area contributed by atoms with Crippen molar-refractivity contribution >= 4 is 62.2 Å². The van der Waals surface area contributed by atoms with Gasteiger partial charge < -0.3 is 5.32 Å². The first-order valence-electron chi connectivity index (χ1n) is 7.04. The number of thioether (sulfide) groups is 1. The van der Waals surface area contributed by atoms with E-state index in [0.29, 0.717) is 15.5 Å². The molecule has 1 saturated heterocycles. The molecule has 0 aliphatic carbocycles. The van der Waals surface area contributed by atoms with Gasteiger partial charge in [-0.3, -0.25) is 14.5 Å². The van der Waals surface area contributed by atoms with Gasteiger partial charge in [-0.1, -0.05) is 41.9 Å². The number of nitrogens with one attached hydrogen (secondary N) is 1. The minimum atomic E-state index is -0.329. The van der Waals surface area contributed by atoms with Gasteiger partial charge in [-0.05, 0) is 57.5 Å². The number of amides is 2. The quantitative estimate of drug-likeness (QED) is 0.686. The Labute approximate surface area is 157 Å². The summed E-state index contributed by atoms with van der Waals surface area (Å²) >= 11 is 10.4. The summed E-state index contributed by atoms with van der Waals surface area (Å²) in [6.45, 7) is 0.104. The molecule has 0 aromatic heterocycles. The zero-order chi connectivity index (χ0) is 17.1. The summed E-state index contributed by atoms with van der Waals surface area (Å²) in [6.07, 6.45) is 1.64. The molecule has 122 valence electrons. The molecule has 0 atom stereocenters. The van der Waals surface area contributed by atoms with Crippen molar-refractivity contribution < 1.29 is 9.59 Å². The molecular formula is C17H12BrClN2O2S. The lowest BCUT2D eigenvalue weighted by atomic mass is 10.2. The normalized spacial score (nSPS) is 16.1. The Bertz CT molecular complexity index is 841. The van der Waals surface area contributed by atoms with E-state index in [1.807, 2.05) is 36.4 Å². The third kappa shape index (κ3) is 3.66. The zero-order valence-corrected chi connectivity index (χ0v) is 15.5. The van der Waals surface area contributed by atoms with Gasteiger partial charge in [0.05, 0.1) is 11.6 Å². The van der Waals surface area contributed by atoms with E-state index in [4.69, 9.17) is 11.6 Å². The highest BCUT2D eigenvalue weighted by Gasteiger charge is 2.34. The first-order valence-corrected chi connectivity index (χ1v) is 9.03. The number of carbonyl (C=O) groups excluding carboxylic acids is 2. The minimum Gasteiger partial charge on any atom is -0.366 e. The Hall–Kier alpha value is -1.76. The zero-order valence-electron chi connectivity index (χ0n) is 12.3. The summed E-state index contributed by atoms with van der Waals surface area (Å²) in [4.78, 5) is 26.1. The first kappa shape index (κ1) is 17.1. The van der Waals surface area contributed by atoms with E-state index in [2.05, 4.69) is 21.2 Å². The summed E-state index contributed by atoms with van der Waals surface area (Å²) in [5.41, 5.74) is 1.52. The van der Waals surface area contributed by atoms with Crippen LogP contribution in [-0.4, -0.2) is 22.7 Å². The van der Waals surface area contributed by atoms with Crippen molar-refractivity contribution in [1.29, 1.82) is 0 Å². The van der Waals surface area contributed by atoms with Crippen LogP contribution in [0.3, 0.4) is 0 Å². The second-order valence-corrected chi connectivity index (χ2v) is 7.20. The third-order valence-corrected chi connectivity index (χ3v) is 5.31. The molecule has 7 heteroatoms. The number of hydrogen-bond donors (Lipinski definition) is 1. The van der Waals surface area contributed by atoms with Crippen LogP contribution in [0.1, 0.15) is 5.56 Å². The number of rotatable bonds is 4. The molecule has 1 heterocycles. The fraction of sp³-hybridized carbons (Fsp3) is 0.0588. The second-order valence-electron chi connectivity index (χ2n) is 4.95. The number of carbonyl (C=O) groups is 2. The fourth-order valence-electron chi connectivity index (χ4n) is 2.14. The van der Waals surface area contributed by atoms with Crippen molar-refractivity contribution in [1.82, 2.24) is 4.90 Å². The number of para-hydroxylation sites is 1. The number of hydrogen-bond acceptors (Lipinski definition) is 4. The van der Waals surface area contributed by atoms with Gasteiger partial charge in [0, 0.05) is 15.2 Å². The van der Waals surface area contributed by atoms with Crippen LogP contribution in [0, 0.1) is 0 Å². The highest BCUT2D eigenvalue weighted by molar-refractivity contribution is 9.10. The van der Waals surface area contributed by atoms with Crippen molar-refractivity contribution in [2.24, 2.45) is 0 Å². The van der Waals surface area contributed by atoms with Gasteiger partial charge in [0.25, 0.3) is 11.1 Å². The van der Waals surface area contributed by atoms with Crippen LogP contribution < -0.4 is 5.32 Å². The maximum Gasteiger partial charge on any atom is 0.295 e. The predicted molar refractivity (Wildman–Crippen MR) is 102 cm³/mol. The van der Waals surface area contributed by atoms with E-state index >= 15 is 0 Å². The molecule has 0 saturated carbocycles. The molecule has 24 heavy (non-hydrogen) atoms. The molecule has 1 fully saturated rings. The van der Waals surface area contributed by atoms with Gasteiger partial charge >= 0.3 is 0 Å². The van der Waals surface area contributed by atoms with Gasteiger partial charge in [-0.2, -0.15) is 0 Å². The van der Waals surface area contributed by atoms with Gasteiger partial charge in [0.1, 0.15) is 0 Å². The van der Waals surface area contributed by atoms with E-state index in [9.17, 15) is 9.59 Å². The Morgan fingerprint density at radius 1 is 1.12 bits per heavy atom. The average Bonchev–Trinajstić information content (AvgIpc) is 2.83. The Balaban J connectivity index is 1.75. The molecule has 2 aromatic carbocycles. The Morgan fingerprint density at radius 2 is 1.83 bits per heavy atom. The molecule has 1 aliphatic rings. The van der Waals surface area contributed by atoms with E-state index < -0.39 is 0 Å². The largest absolute Gasteiger partial charge is 0.366 e. The smallest absolute Gasteiger partial charge is 0.295 e. The highest BCUT2D eigenvalue weighted by atomic mass is 79.9. The maximum absolute atomic E-state index is 12.5. The molecule has 3 rings (SSSR count). The molecule has 1 N–H and O–H groups in total. The summed E-state index contributed by atoms with van der Waals surface area (Å²) in [7, 11) is 0. The molecule has 0 bridgehead atoms. The summed E-state index contributed by atoms with van der Waals surface area (Å²) < 4.78 is 0.864. The molecule has 2 amide bonds. The number of anilines is 1. The van der Waals surface area contributed by atoms with Gasteiger partial charge in [0.2, 0.25) is 0 Å². The predicted octanol–water partition coefficient (Wildman–Crippen LogP) is 5.21. The Morgan fingerprint density at radius 3 is 2.58 bits per heavy atom. The molecule has 0 unspecified atom stereocenters. The van der Waals surface area contributed by atoms with Crippen molar-refractivity contribution in [2.45, 2.75) is 0 Å². The van der Waals surface area contributed by atoms with Gasteiger partial charge in [0.15, 0.2) is 0 Å². The molecule has 0 radical (unpaired) electrons. The lowest BCUT2D eigenvalue weighted by Gasteiger charge is -2.15. The summed E-state index contributed by atoms with van der Waals surface area (Å²) in [5, 5.41) is 3.31. The number of benzene rings is 2. The van der Waals surface area contributed by atoms with Crippen LogP contribution in [0.2, 0.25) is 5.02 Å². The third-order valence-electron chi connectivity index (χ3n) is 3.37. The van der Waals surface area contributed by atoms with Crippen LogP contribution in [0.15, 0.2) is 57.9 Å². The van der Waals surface area contributed by atoms with E-state index in [1.165, 1.54) is 4.90 Å². The molecule has 0 spiro atoms. The van der Waals surface area contributed by atoms with Gasteiger partial charge in [-0.25, -0.2) is 0 Å². The molecule has 1 aliphatic heterocycles. The SMILES string of the molecule is O=C1SC(=Cc2ccccc2Cl)C(=O)N1CNc1ccccc1Br. The van der Waals surface area contributed by atoms with Crippen molar-refractivity contribution in [2.75, 3.05) is 12.0 Å². The molecule has 4 nitrogen and oxygen atoms in total.